The standard InChI is InChI=1S/C19H20FNO4/c20-16-8-6-15(7-9-16)18(22)21-10-11-24-13-19(23,12-21)14-25-17-4-2-1-3-5-17/h1-9,23H,10-14H2/t19-/m1/s1. The molecule has 5 nitrogen and oxygen atoms in total. The van der Waals surface area contributed by atoms with Crippen molar-refractivity contribution >= 4 is 5.91 Å². The molecule has 0 spiro atoms. The second-order valence-corrected chi connectivity index (χ2v) is 6.11. The third-order valence-electron chi connectivity index (χ3n) is 3.99. The lowest BCUT2D eigenvalue weighted by atomic mass is 10.1. The first-order chi connectivity index (χ1) is 12.1. The molecular formula is C19H20FNO4. The van der Waals surface area contributed by atoms with Crippen LogP contribution in [0, 0.1) is 5.82 Å². The Hall–Kier alpha value is -2.44. The molecule has 1 fully saturated rings. The summed E-state index contributed by atoms with van der Waals surface area (Å²) in [7, 11) is 0. The lowest BCUT2D eigenvalue weighted by molar-refractivity contribution is -0.0621. The summed E-state index contributed by atoms with van der Waals surface area (Å²) >= 11 is 0. The van der Waals surface area contributed by atoms with Gasteiger partial charge in [-0.05, 0) is 36.4 Å². The molecule has 132 valence electrons. The highest BCUT2D eigenvalue weighted by atomic mass is 19.1. The van der Waals surface area contributed by atoms with Gasteiger partial charge in [0, 0.05) is 12.1 Å². The van der Waals surface area contributed by atoms with Gasteiger partial charge >= 0.3 is 0 Å². The number of carbonyl (C=O) groups is 1. The number of ether oxygens (including phenoxy) is 2. The fourth-order valence-corrected chi connectivity index (χ4v) is 2.69. The summed E-state index contributed by atoms with van der Waals surface area (Å²) < 4.78 is 24.1. The molecular weight excluding hydrogens is 325 g/mol. The summed E-state index contributed by atoms with van der Waals surface area (Å²) in [6, 6.07) is 14.5. The van der Waals surface area contributed by atoms with Crippen LogP contribution < -0.4 is 4.74 Å². The number of hydrogen-bond acceptors (Lipinski definition) is 4. The van der Waals surface area contributed by atoms with Gasteiger partial charge in [0.05, 0.1) is 19.8 Å². The molecule has 0 aliphatic carbocycles. The number of halogens is 1. The highest BCUT2D eigenvalue weighted by Crippen LogP contribution is 2.18. The summed E-state index contributed by atoms with van der Waals surface area (Å²) in [5.74, 6) is -0.0382. The number of amides is 1. The van der Waals surface area contributed by atoms with Crippen LogP contribution in [0.2, 0.25) is 0 Å². The molecule has 1 amide bonds. The van der Waals surface area contributed by atoms with Crippen molar-refractivity contribution in [3.8, 4) is 5.75 Å². The monoisotopic (exact) mass is 345 g/mol. The summed E-state index contributed by atoms with van der Waals surface area (Å²) in [6.07, 6.45) is 0. The van der Waals surface area contributed by atoms with Crippen LogP contribution in [-0.4, -0.2) is 54.4 Å². The molecule has 1 aliphatic heterocycles. The van der Waals surface area contributed by atoms with E-state index in [0.717, 1.165) is 0 Å². The Balaban J connectivity index is 1.69. The van der Waals surface area contributed by atoms with E-state index in [2.05, 4.69) is 0 Å². The van der Waals surface area contributed by atoms with Crippen molar-refractivity contribution in [1.82, 2.24) is 4.90 Å². The number of benzene rings is 2. The molecule has 1 N–H and O–H groups in total. The molecule has 1 atom stereocenters. The van der Waals surface area contributed by atoms with E-state index in [1.54, 1.807) is 12.1 Å². The van der Waals surface area contributed by atoms with Gasteiger partial charge in [-0.15, -0.1) is 0 Å². The van der Waals surface area contributed by atoms with E-state index < -0.39 is 11.4 Å². The van der Waals surface area contributed by atoms with Crippen LogP contribution in [0.3, 0.4) is 0 Å². The molecule has 2 aromatic rings. The molecule has 25 heavy (non-hydrogen) atoms. The molecule has 0 unspecified atom stereocenters. The van der Waals surface area contributed by atoms with E-state index in [1.807, 2.05) is 18.2 Å². The highest BCUT2D eigenvalue weighted by molar-refractivity contribution is 5.94. The van der Waals surface area contributed by atoms with E-state index in [-0.39, 0.29) is 25.7 Å². The summed E-state index contributed by atoms with van der Waals surface area (Å²) in [5, 5.41) is 10.8. The third-order valence-corrected chi connectivity index (χ3v) is 3.99. The molecule has 0 radical (unpaired) electrons. The summed E-state index contributed by atoms with van der Waals surface area (Å²) in [6.45, 7) is 0.831. The second-order valence-electron chi connectivity index (χ2n) is 6.11. The van der Waals surface area contributed by atoms with Crippen LogP contribution in [0.5, 0.6) is 5.75 Å². The highest BCUT2D eigenvalue weighted by Gasteiger charge is 2.35. The van der Waals surface area contributed by atoms with Crippen LogP contribution in [0.4, 0.5) is 4.39 Å². The van der Waals surface area contributed by atoms with Crippen LogP contribution in [0.15, 0.2) is 54.6 Å². The van der Waals surface area contributed by atoms with Gasteiger partial charge in [-0.2, -0.15) is 0 Å². The number of carbonyl (C=O) groups excluding carboxylic acids is 1. The average Bonchev–Trinajstić information content (AvgIpc) is 2.83. The van der Waals surface area contributed by atoms with Crippen molar-refractivity contribution in [2.45, 2.75) is 5.60 Å². The van der Waals surface area contributed by atoms with Crippen molar-refractivity contribution < 1.29 is 23.8 Å². The topological polar surface area (TPSA) is 59.0 Å². The molecule has 3 rings (SSSR count). The van der Waals surface area contributed by atoms with Gasteiger partial charge in [-0.25, -0.2) is 4.39 Å². The van der Waals surface area contributed by atoms with Crippen LogP contribution in [0.1, 0.15) is 10.4 Å². The van der Waals surface area contributed by atoms with Crippen molar-refractivity contribution in [3.63, 3.8) is 0 Å². The largest absolute Gasteiger partial charge is 0.490 e. The smallest absolute Gasteiger partial charge is 0.254 e. The fraction of sp³-hybridized carbons (Fsp3) is 0.316. The Labute approximate surface area is 145 Å². The van der Waals surface area contributed by atoms with Crippen LogP contribution in [0.25, 0.3) is 0 Å². The van der Waals surface area contributed by atoms with Crippen molar-refractivity contribution in [2.75, 3.05) is 32.9 Å². The number of β-amino-alcohol motifs (C(OH)–C–C–N with tert-alkyl or cyclic N) is 1. The van der Waals surface area contributed by atoms with Crippen molar-refractivity contribution in [1.29, 1.82) is 0 Å². The number of rotatable bonds is 4. The quantitative estimate of drug-likeness (QED) is 0.922. The zero-order valence-corrected chi connectivity index (χ0v) is 13.7. The molecule has 2 aromatic carbocycles. The molecule has 6 heteroatoms. The van der Waals surface area contributed by atoms with Gasteiger partial charge in [0.25, 0.3) is 5.91 Å². The van der Waals surface area contributed by atoms with Gasteiger partial charge in [-0.1, -0.05) is 18.2 Å². The Morgan fingerprint density at radius 1 is 1.20 bits per heavy atom. The van der Waals surface area contributed by atoms with Gasteiger partial charge in [0.15, 0.2) is 0 Å². The third kappa shape index (κ3) is 4.55. The minimum atomic E-state index is -1.32. The minimum Gasteiger partial charge on any atom is -0.490 e. The van der Waals surface area contributed by atoms with E-state index in [4.69, 9.17) is 9.47 Å². The van der Waals surface area contributed by atoms with Crippen molar-refractivity contribution in [2.24, 2.45) is 0 Å². The predicted molar refractivity (Wildman–Crippen MR) is 90.0 cm³/mol. The SMILES string of the molecule is O=C(c1ccc(F)cc1)N1CCOC[C@@](O)(COc2ccccc2)C1. The summed E-state index contributed by atoms with van der Waals surface area (Å²) in [5.41, 5.74) is -0.947. The van der Waals surface area contributed by atoms with E-state index in [9.17, 15) is 14.3 Å². The Morgan fingerprint density at radius 2 is 1.92 bits per heavy atom. The Morgan fingerprint density at radius 3 is 2.64 bits per heavy atom. The normalized spacial score (nSPS) is 20.8. The molecule has 1 heterocycles. The molecule has 1 saturated heterocycles. The van der Waals surface area contributed by atoms with E-state index in [0.29, 0.717) is 24.5 Å². The first-order valence-corrected chi connectivity index (χ1v) is 8.09. The molecule has 0 aromatic heterocycles. The molecule has 0 saturated carbocycles. The molecule has 0 bridgehead atoms. The number of hydrogen-bond donors (Lipinski definition) is 1. The van der Waals surface area contributed by atoms with E-state index in [1.165, 1.54) is 29.2 Å². The predicted octanol–water partition coefficient (Wildman–Crippen LogP) is 2.11. The lowest BCUT2D eigenvalue weighted by Crippen LogP contribution is -2.50. The number of nitrogens with zero attached hydrogens (tertiary/aromatic N) is 1. The van der Waals surface area contributed by atoms with Crippen LogP contribution >= 0.6 is 0 Å². The maximum absolute atomic E-state index is 13.0. The number of aliphatic hydroxyl groups is 1. The zero-order valence-electron chi connectivity index (χ0n) is 13.7. The zero-order chi connectivity index (χ0) is 17.7. The van der Waals surface area contributed by atoms with Gasteiger partial charge in [-0.3, -0.25) is 4.79 Å². The van der Waals surface area contributed by atoms with Crippen molar-refractivity contribution in [3.05, 3.63) is 66.0 Å². The molecule has 1 aliphatic rings. The first-order valence-electron chi connectivity index (χ1n) is 8.09. The van der Waals surface area contributed by atoms with Gasteiger partial charge in [0.1, 0.15) is 23.8 Å². The second kappa shape index (κ2) is 7.63. The average molecular weight is 345 g/mol. The Bertz CT molecular complexity index is 707. The Kier molecular flexibility index (Phi) is 5.31. The van der Waals surface area contributed by atoms with Gasteiger partial charge < -0.3 is 19.5 Å². The number of para-hydroxylation sites is 1. The first kappa shape index (κ1) is 17.4. The fourth-order valence-electron chi connectivity index (χ4n) is 2.69. The van der Waals surface area contributed by atoms with Crippen LogP contribution in [-0.2, 0) is 4.74 Å². The minimum absolute atomic E-state index is 0.00418. The van der Waals surface area contributed by atoms with Gasteiger partial charge in [0.2, 0.25) is 0 Å². The maximum Gasteiger partial charge on any atom is 0.254 e. The maximum atomic E-state index is 13.0. The lowest BCUT2D eigenvalue weighted by Gasteiger charge is -2.30. The summed E-state index contributed by atoms with van der Waals surface area (Å²) in [4.78, 5) is 14.1. The van der Waals surface area contributed by atoms with E-state index >= 15 is 0 Å².